The SMILES string of the molecule is CC(C)N1CCN(c2cnc(CCl)cn2)CC1. The topological polar surface area (TPSA) is 32.3 Å². The zero-order chi connectivity index (χ0) is 12.3. The van der Waals surface area contributed by atoms with Gasteiger partial charge in [-0.1, -0.05) is 0 Å². The van der Waals surface area contributed by atoms with E-state index in [1.54, 1.807) is 6.20 Å². The lowest BCUT2D eigenvalue weighted by molar-refractivity contribution is 0.209. The summed E-state index contributed by atoms with van der Waals surface area (Å²) in [7, 11) is 0. The molecule has 1 aromatic rings. The zero-order valence-electron chi connectivity index (χ0n) is 10.4. The highest BCUT2D eigenvalue weighted by molar-refractivity contribution is 6.16. The van der Waals surface area contributed by atoms with Crippen molar-refractivity contribution in [1.82, 2.24) is 14.9 Å². The summed E-state index contributed by atoms with van der Waals surface area (Å²) in [4.78, 5) is 13.4. The summed E-state index contributed by atoms with van der Waals surface area (Å²) in [6, 6.07) is 0.627. The molecule has 0 amide bonds. The van der Waals surface area contributed by atoms with Crippen molar-refractivity contribution in [3.63, 3.8) is 0 Å². The van der Waals surface area contributed by atoms with Gasteiger partial charge in [0, 0.05) is 32.2 Å². The van der Waals surface area contributed by atoms with Crippen LogP contribution in [0.1, 0.15) is 19.5 Å². The predicted molar refractivity (Wildman–Crippen MR) is 70.5 cm³/mol. The van der Waals surface area contributed by atoms with Crippen molar-refractivity contribution in [2.75, 3.05) is 31.1 Å². The lowest BCUT2D eigenvalue weighted by atomic mass is 10.2. The molecule has 4 nitrogen and oxygen atoms in total. The minimum atomic E-state index is 0.425. The summed E-state index contributed by atoms with van der Waals surface area (Å²) in [5.41, 5.74) is 0.830. The minimum Gasteiger partial charge on any atom is -0.353 e. The number of piperazine rings is 1. The molecule has 0 atom stereocenters. The third kappa shape index (κ3) is 3.07. The Balaban J connectivity index is 1.95. The molecular formula is C12H19ClN4. The fraction of sp³-hybridized carbons (Fsp3) is 0.667. The van der Waals surface area contributed by atoms with Gasteiger partial charge in [0.1, 0.15) is 5.82 Å². The molecular weight excluding hydrogens is 236 g/mol. The van der Waals surface area contributed by atoms with Crippen LogP contribution in [0.15, 0.2) is 12.4 Å². The number of nitrogens with zero attached hydrogens (tertiary/aromatic N) is 4. The van der Waals surface area contributed by atoms with E-state index in [0.717, 1.165) is 37.7 Å². The van der Waals surface area contributed by atoms with Gasteiger partial charge in [0.25, 0.3) is 0 Å². The van der Waals surface area contributed by atoms with E-state index in [-0.39, 0.29) is 0 Å². The molecule has 1 aliphatic heterocycles. The molecule has 1 saturated heterocycles. The number of alkyl halides is 1. The number of anilines is 1. The van der Waals surface area contributed by atoms with Crippen molar-refractivity contribution < 1.29 is 0 Å². The van der Waals surface area contributed by atoms with Crippen LogP contribution in [0.4, 0.5) is 5.82 Å². The molecule has 0 unspecified atom stereocenters. The van der Waals surface area contributed by atoms with Crippen LogP contribution >= 0.6 is 11.6 Å². The molecule has 5 heteroatoms. The Morgan fingerprint density at radius 1 is 1.18 bits per heavy atom. The number of aromatic nitrogens is 2. The molecule has 0 aliphatic carbocycles. The first-order valence-corrected chi connectivity index (χ1v) is 6.60. The number of rotatable bonds is 3. The third-order valence-electron chi connectivity index (χ3n) is 3.20. The molecule has 1 aliphatic rings. The van der Waals surface area contributed by atoms with E-state index in [0.29, 0.717) is 11.9 Å². The van der Waals surface area contributed by atoms with Gasteiger partial charge in [0.15, 0.2) is 0 Å². The molecule has 0 spiro atoms. The number of halogens is 1. The molecule has 2 heterocycles. The lowest BCUT2D eigenvalue weighted by Crippen LogP contribution is -2.49. The number of hydrogen-bond donors (Lipinski definition) is 0. The maximum absolute atomic E-state index is 5.70. The first kappa shape index (κ1) is 12.6. The van der Waals surface area contributed by atoms with Gasteiger partial charge in [-0.3, -0.25) is 9.88 Å². The van der Waals surface area contributed by atoms with Gasteiger partial charge in [-0.25, -0.2) is 4.98 Å². The molecule has 0 aromatic carbocycles. The van der Waals surface area contributed by atoms with Crippen LogP contribution in [-0.4, -0.2) is 47.1 Å². The van der Waals surface area contributed by atoms with E-state index >= 15 is 0 Å². The highest BCUT2D eigenvalue weighted by Gasteiger charge is 2.19. The third-order valence-corrected chi connectivity index (χ3v) is 3.47. The quantitative estimate of drug-likeness (QED) is 0.770. The summed E-state index contributed by atoms with van der Waals surface area (Å²) in [6.07, 6.45) is 3.58. The van der Waals surface area contributed by atoms with Gasteiger partial charge in [0.2, 0.25) is 0 Å². The highest BCUT2D eigenvalue weighted by atomic mass is 35.5. The minimum absolute atomic E-state index is 0.425. The summed E-state index contributed by atoms with van der Waals surface area (Å²) in [5, 5.41) is 0. The monoisotopic (exact) mass is 254 g/mol. The molecule has 0 radical (unpaired) electrons. The lowest BCUT2D eigenvalue weighted by Gasteiger charge is -2.37. The van der Waals surface area contributed by atoms with E-state index in [2.05, 4.69) is 33.6 Å². The van der Waals surface area contributed by atoms with Crippen molar-refractivity contribution in [2.24, 2.45) is 0 Å². The summed E-state index contributed by atoms with van der Waals surface area (Å²) >= 11 is 5.70. The first-order valence-electron chi connectivity index (χ1n) is 6.06. The van der Waals surface area contributed by atoms with Crippen LogP contribution in [0.5, 0.6) is 0 Å². The largest absolute Gasteiger partial charge is 0.353 e. The van der Waals surface area contributed by atoms with Gasteiger partial charge >= 0.3 is 0 Å². The Bertz CT molecular complexity index is 344. The van der Waals surface area contributed by atoms with E-state index < -0.39 is 0 Å². The van der Waals surface area contributed by atoms with E-state index in [4.69, 9.17) is 11.6 Å². The fourth-order valence-electron chi connectivity index (χ4n) is 2.05. The van der Waals surface area contributed by atoms with Crippen molar-refractivity contribution >= 4 is 17.4 Å². The predicted octanol–water partition coefficient (Wildman–Crippen LogP) is 1.75. The highest BCUT2D eigenvalue weighted by Crippen LogP contribution is 2.14. The van der Waals surface area contributed by atoms with Crippen molar-refractivity contribution in [3.8, 4) is 0 Å². The van der Waals surface area contributed by atoms with Crippen LogP contribution in [0, 0.1) is 0 Å². The van der Waals surface area contributed by atoms with E-state index in [1.807, 2.05) is 6.20 Å². The smallest absolute Gasteiger partial charge is 0.147 e. The second-order valence-electron chi connectivity index (χ2n) is 4.62. The van der Waals surface area contributed by atoms with Crippen LogP contribution in [0.3, 0.4) is 0 Å². The Morgan fingerprint density at radius 3 is 2.35 bits per heavy atom. The van der Waals surface area contributed by atoms with Gasteiger partial charge in [0.05, 0.1) is 24.0 Å². The summed E-state index contributed by atoms with van der Waals surface area (Å²) in [5.74, 6) is 1.39. The molecule has 1 aromatic heterocycles. The zero-order valence-corrected chi connectivity index (χ0v) is 11.2. The van der Waals surface area contributed by atoms with Crippen LogP contribution in [0.2, 0.25) is 0 Å². The van der Waals surface area contributed by atoms with Gasteiger partial charge < -0.3 is 4.90 Å². The van der Waals surface area contributed by atoms with Crippen LogP contribution in [-0.2, 0) is 5.88 Å². The molecule has 0 saturated carbocycles. The van der Waals surface area contributed by atoms with Crippen molar-refractivity contribution in [1.29, 1.82) is 0 Å². The van der Waals surface area contributed by atoms with Crippen LogP contribution in [0.25, 0.3) is 0 Å². The molecule has 0 bridgehead atoms. The average molecular weight is 255 g/mol. The Morgan fingerprint density at radius 2 is 1.88 bits per heavy atom. The Kier molecular flexibility index (Phi) is 4.18. The van der Waals surface area contributed by atoms with Crippen molar-refractivity contribution in [2.45, 2.75) is 25.8 Å². The maximum Gasteiger partial charge on any atom is 0.147 e. The van der Waals surface area contributed by atoms with Crippen molar-refractivity contribution in [3.05, 3.63) is 18.1 Å². The summed E-state index contributed by atoms with van der Waals surface area (Å²) < 4.78 is 0. The molecule has 2 rings (SSSR count). The fourth-order valence-corrected chi connectivity index (χ4v) is 2.19. The number of hydrogen-bond acceptors (Lipinski definition) is 4. The standard InChI is InChI=1S/C12H19ClN4/c1-10(2)16-3-5-17(6-4-16)12-9-14-11(7-13)8-15-12/h8-10H,3-7H2,1-2H3. The van der Waals surface area contributed by atoms with Gasteiger partial charge in [-0.2, -0.15) is 0 Å². The average Bonchev–Trinajstić information content (AvgIpc) is 2.39. The van der Waals surface area contributed by atoms with E-state index in [9.17, 15) is 0 Å². The first-order chi connectivity index (χ1) is 8.20. The normalized spacial score (nSPS) is 17.8. The second-order valence-corrected chi connectivity index (χ2v) is 4.88. The molecule has 17 heavy (non-hydrogen) atoms. The second kappa shape index (κ2) is 5.65. The van der Waals surface area contributed by atoms with Gasteiger partial charge in [-0.05, 0) is 13.8 Å². The molecule has 94 valence electrons. The summed E-state index contributed by atoms with van der Waals surface area (Å²) in [6.45, 7) is 8.71. The molecule has 0 N–H and O–H groups in total. The Hall–Kier alpha value is -0.870. The molecule has 1 fully saturated rings. The van der Waals surface area contributed by atoms with Gasteiger partial charge in [-0.15, -0.1) is 11.6 Å². The Labute approximate surface area is 108 Å². The van der Waals surface area contributed by atoms with Crippen LogP contribution < -0.4 is 4.90 Å². The maximum atomic E-state index is 5.70. The van der Waals surface area contributed by atoms with E-state index in [1.165, 1.54) is 0 Å².